The van der Waals surface area contributed by atoms with Crippen LogP contribution in [0.15, 0.2) is 12.2 Å². The zero-order valence-electron chi connectivity index (χ0n) is 6.32. The number of hydrogen-bond acceptors (Lipinski definition) is 3. The first-order valence-electron chi connectivity index (χ1n) is 3.56. The standard InChI is InChI=1S/C8H10O3/c1-6(4-5-9)7-2-3-8(10)11-7/h2-3,5-7H,4H2,1H3/t6-,7+/m1/s1. The summed E-state index contributed by atoms with van der Waals surface area (Å²) in [4.78, 5) is 20.7. The molecule has 0 radical (unpaired) electrons. The van der Waals surface area contributed by atoms with E-state index in [4.69, 9.17) is 4.74 Å². The minimum Gasteiger partial charge on any atom is -0.455 e. The lowest BCUT2D eigenvalue weighted by Crippen LogP contribution is -2.17. The van der Waals surface area contributed by atoms with Crippen LogP contribution in [0.5, 0.6) is 0 Å². The van der Waals surface area contributed by atoms with Crippen molar-refractivity contribution >= 4 is 12.3 Å². The van der Waals surface area contributed by atoms with Gasteiger partial charge in [0, 0.05) is 18.4 Å². The number of cyclic esters (lactones) is 1. The first-order valence-corrected chi connectivity index (χ1v) is 3.56. The molecule has 0 spiro atoms. The monoisotopic (exact) mass is 154 g/mol. The van der Waals surface area contributed by atoms with E-state index in [9.17, 15) is 9.59 Å². The first-order chi connectivity index (χ1) is 5.24. The molecule has 1 rings (SSSR count). The van der Waals surface area contributed by atoms with Crippen molar-refractivity contribution in [3.63, 3.8) is 0 Å². The van der Waals surface area contributed by atoms with Crippen molar-refractivity contribution in [1.29, 1.82) is 0 Å². The Labute approximate surface area is 65.0 Å². The van der Waals surface area contributed by atoms with Gasteiger partial charge in [-0.2, -0.15) is 0 Å². The maximum absolute atomic E-state index is 10.6. The molecule has 0 unspecified atom stereocenters. The van der Waals surface area contributed by atoms with Gasteiger partial charge in [-0.25, -0.2) is 4.79 Å². The number of aldehydes is 1. The molecule has 0 aromatic carbocycles. The van der Waals surface area contributed by atoms with Crippen LogP contribution < -0.4 is 0 Å². The molecule has 60 valence electrons. The van der Waals surface area contributed by atoms with E-state index < -0.39 is 0 Å². The lowest BCUT2D eigenvalue weighted by Gasteiger charge is -2.13. The number of rotatable bonds is 3. The van der Waals surface area contributed by atoms with Gasteiger partial charge in [-0.15, -0.1) is 0 Å². The summed E-state index contributed by atoms with van der Waals surface area (Å²) in [5.41, 5.74) is 0. The Morgan fingerprint density at radius 2 is 2.55 bits per heavy atom. The Bertz CT molecular complexity index is 196. The van der Waals surface area contributed by atoms with Crippen molar-refractivity contribution < 1.29 is 14.3 Å². The largest absolute Gasteiger partial charge is 0.455 e. The third-order valence-corrected chi connectivity index (χ3v) is 1.70. The number of ether oxygens (including phenoxy) is 1. The molecule has 3 nitrogen and oxygen atoms in total. The predicted octanol–water partition coefficient (Wildman–Crippen LogP) is 0.693. The minimum atomic E-state index is -0.312. The van der Waals surface area contributed by atoms with Crippen LogP contribution in [0.4, 0.5) is 0 Å². The zero-order valence-corrected chi connectivity index (χ0v) is 6.32. The van der Waals surface area contributed by atoms with E-state index in [-0.39, 0.29) is 18.0 Å². The molecule has 0 fully saturated rings. The number of hydrogen-bond donors (Lipinski definition) is 0. The Kier molecular flexibility index (Phi) is 2.41. The van der Waals surface area contributed by atoms with Gasteiger partial charge in [0.15, 0.2) is 0 Å². The van der Waals surface area contributed by atoms with E-state index in [0.717, 1.165) is 6.29 Å². The van der Waals surface area contributed by atoms with E-state index in [1.165, 1.54) is 6.08 Å². The molecule has 0 aromatic heterocycles. The predicted molar refractivity (Wildman–Crippen MR) is 38.9 cm³/mol. The minimum absolute atomic E-state index is 0.0928. The summed E-state index contributed by atoms with van der Waals surface area (Å²) in [6.07, 6.45) is 4.16. The van der Waals surface area contributed by atoms with Crippen LogP contribution in [0.25, 0.3) is 0 Å². The molecule has 0 saturated carbocycles. The van der Waals surface area contributed by atoms with Gasteiger partial charge in [0.25, 0.3) is 0 Å². The van der Waals surface area contributed by atoms with Gasteiger partial charge < -0.3 is 9.53 Å². The van der Waals surface area contributed by atoms with Gasteiger partial charge in [0.05, 0.1) is 0 Å². The van der Waals surface area contributed by atoms with Crippen molar-refractivity contribution in [3.8, 4) is 0 Å². The van der Waals surface area contributed by atoms with Crippen molar-refractivity contribution in [2.75, 3.05) is 0 Å². The number of carbonyl (C=O) groups excluding carboxylic acids is 2. The second-order valence-corrected chi connectivity index (χ2v) is 2.64. The molecule has 3 heteroatoms. The Balaban J connectivity index is 2.43. The van der Waals surface area contributed by atoms with Crippen molar-refractivity contribution in [3.05, 3.63) is 12.2 Å². The number of carbonyl (C=O) groups is 2. The summed E-state index contributed by atoms with van der Waals surface area (Å²) in [7, 11) is 0. The van der Waals surface area contributed by atoms with E-state index in [0.29, 0.717) is 6.42 Å². The SMILES string of the molecule is C[C@H](CC=O)[C@@H]1C=CC(=O)O1. The number of esters is 1. The normalized spacial score (nSPS) is 24.8. The third kappa shape index (κ3) is 1.90. The average molecular weight is 154 g/mol. The molecule has 0 saturated heterocycles. The van der Waals surface area contributed by atoms with Gasteiger partial charge in [-0.05, 0) is 6.08 Å². The van der Waals surface area contributed by atoms with Gasteiger partial charge in [-0.1, -0.05) is 6.92 Å². The van der Waals surface area contributed by atoms with Crippen LogP contribution in [0, 0.1) is 5.92 Å². The maximum atomic E-state index is 10.6. The molecule has 0 aromatic rings. The van der Waals surface area contributed by atoms with E-state index in [1.807, 2.05) is 6.92 Å². The van der Waals surface area contributed by atoms with Crippen LogP contribution in [0.2, 0.25) is 0 Å². The highest BCUT2D eigenvalue weighted by Gasteiger charge is 2.22. The molecule has 1 aliphatic rings. The molecule has 2 atom stereocenters. The van der Waals surface area contributed by atoms with Crippen molar-refractivity contribution in [2.24, 2.45) is 5.92 Å². The second kappa shape index (κ2) is 3.32. The average Bonchev–Trinajstić information content (AvgIpc) is 2.36. The summed E-state index contributed by atoms with van der Waals surface area (Å²) >= 11 is 0. The zero-order chi connectivity index (χ0) is 8.27. The molecule has 1 aliphatic heterocycles. The van der Waals surface area contributed by atoms with Gasteiger partial charge in [-0.3, -0.25) is 0 Å². The smallest absolute Gasteiger partial charge is 0.331 e. The Morgan fingerprint density at radius 3 is 3.00 bits per heavy atom. The Morgan fingerprint density at radius 1 is 1.82 bits per heavy atom. The topological polar surface area (TPSA) is 43.4 Å². The first kappa shape index (κ1) is 7.98. The van der Waals surface area contributed by atoms with Gasteiger partial charge in [0.1, 0.15) is 12.4 Å². The summed E-state index contributed by atoms with van der Waals surface area (Å²) in [5, 5.41) is 0. The highest BCUT2D eigenvalue weighted by Crippen LogP contribution is 2.16. The van der Waals surface area contributed by atoms with E-state index in [1.54, 1.807) is 6.08 Å². The van der Waals surface area contributed by atoms with E-state index in [2.05, 4.69) is 0 Å². The lowest BCUT2D eigenvalue weighted by molar-refractivity contribution is -0.140. The lowest BCUT2D eigenvalue weighted by atomic mass is 10.0. The van der Waals surface area contributed by atoms with Crippen molar-refractivity contribution in [1.82, 2.24) is 0 Å². The maximum Gasteiger partial charge on any atom is 0.331 e. The fourth-order valence-corrected chi connectivity index (χ4v) is 0.978. The fourth-order valence-electron chi connectivity index (χ4n) is 0.978. The molecule has 11 heavy (non-hydrogen) atoms. The Hall–Kier alpha value is -1.12. The van der Waals surface area contributed by atoms with Gasteiger partial charge >= 0.3 is 5.97 Å². The van der Waals surface area contributed by atoms with Crippen LogP contribution in [0.3, 0.4) is 0 Å². The molecular weight excluding hydrogens is 144 g/mol. The molecule has 0 N–H and O–H groups in total. The second-order valence-electron chi connectivity index (χ2n) is 2.64. The van der Waals surface area contributed by atoms with Crippen LogP contribution >= 0.6 is 0 Å². The third-order valence-electron chi connectivity index (χ3n) is 1.70. The van der Waals surface area contributed by atoms with Crippen LogP contribution in [-0.4, -0.2) is 18.4 Å². The summed E-state index contributed by atoms with van der Waals surface area (Å²) in [5.74, 6) is -0.219. The molecule has 0 bridgehead atoms. The molecule has 0 aliphatic carbocycles. The van der Waals surface area contributed by atoms with Crippen LogP contribution in [0.1, 0.15) is 13.3 Å². The molecular formula is C8H10O3. The summed E-state index contributed by atoms with van der Waals surface area (Å²) in [6.45, 7) is 1.88. The summed E-state index contributed by atoms with van der Waals surface area (Å²) < 4.78 is 4.87. The van der Waals surface area contributed by atoms with Gasteiger partial charge in [0.2, 0.25) is 0 Å². The fraction of sp³-hybridized carbons (Fsp3) is 0.500. The van der Waals surface area contributed by atoms with E-state index >= 15 is 0 Å². The summed E-state index contributed by atoms with van der Waals surface area (Å²) in [6, 6.07) is 0. The highest BCUT2D eigenvalue weighted by atomic mass is 16.5. The highest BCUT2D eigenvalue weighted by molar-refractivity contribution is 5.84. The molecule has 1 heterocycles. The van der Waals surface area contributed by atoms with Crippen LogP contribution in [-0.2, 0) is 14.3 Å². The quantitative estimate of drug-likeness (QED) is 0.443. The molecule has 0 amide bonds. The van der Waals surface area contributed by atoms with Crippen molar-refractivity contribution in [2.45, 2.75) is 19.4 Å².